The lowest BCUT2D eigenvalue weighted by atomic mass is 9.99. The zero-order chi connectivity index (χ0) is 18.8. The molecule has 25 heavy (non-hydrogen) atoms. The SMILES string of the molecule is C#CCc1ccc(OC(=O)C2(C)C(C=CC(=O)OC(C)C)C2(C)C)o1. The zero-order valence-corrected chi connectivity index (χ0v) is 15.3. The number of ether oxygens (including phenoxy) is 2. The molecule has 5 heteroatoms. The van der Waals surface area contributed by atoms with Gasteiger partial charge in [-0.2, -0.15) is 0 Å². The van der Waals surface area contributed by atoms with Crippen LogP contribution in [-0.2, 0) is 20.7 Å². The Balaban J connectivity index is 2.06. The van der Waals surface area contributed by atoms with Crippen molar-refractivity contribution in [2.75, 3.05) is 0 Å². The number of furan rings is 1. The van der Waals surface area contributed by atoms with Gasteiger partial charge in [-0.05, 0) is 38.2 Å². The molecule has 2 unspecified atom stereocenters. The van der Waals surface area contributed by atoms with Crippen LogP contribution in [0.25, 0.3) is 0 Å². The van der Waals surface area contributed by atoms with Gasteiger partial charge in [0.2, 0.25) is 0 Å². The number of allylic oxidation sites excluding steroid dienone is 1. The van der Waals surface area contributed by atoms with E-state index < -0.39 is 17.4 Å². The van der Waals surface area contributed by atoms with Crippen LogP contribution < -0.4 is 4.74 Å². The Morgan fingerprint density at radius 2 is 2.04 bits per heavy atom. The van der Waals surface area contributed by atoms with E-state index in [1.807, 2.05) is 20.8 Å². The van der Waals surface area contributed by atoms with Crippen LogP contribution in [0.2, 0.25) is 0 Å². The molecule has 134 valence electrons. The molecule has 0 radical (unpaired) electrons. The van der Waals surface area contributed by atoms with Crippen LogP contribution >= 0.6 is 0 Å². The molecule has 1 fully saturated rings. The van der Waals surface area contributed by atoms with Crippen molar-refractivity contribution in [2.24, 2.45) is 16.7 Å². The summed E-state index contributed by atoms with van der Waals surface area (Å²) in [7, 11) is 0. The standard InChI is InChI=1S/C20H24O5/c1-7-8-14-9-12-17(24-14)25-18(22)20(6)15(19(20,4)5)10-11-16(21)23-13(2)3/h1,9-13,15H,8H2,2-6H3. The predicted octanol–water partition coefficient (Wildman–Crippen LogP) is 3.53. The smallest absolute Gasteiger partial charge is 0.330 e. The lowest BCUT2D eigenvalue weighted by Crippen LogP contribution is -2.23. The van der Waals surface area contributed by atoms with Gasteiger partial charge < -0.3 is 13.9 Å². The summed E-state index contributed by atoms with van der Waals surface area (Å²) in [5, 5.41) is 0. The minimum Gasteiger partial charge on any atom is -0.460 e. The molecule has 0 aromatic carbocycles. The molecule has 1 aromatic heterocycles. The second-order valence-corrected chi connectivity index (χ2v) is 7.24. The summed E-state index contributed by atoms with van der Waals surface area (Å²) in [5.74, 6) is 2.21. The molecule has 1 saturated carbocycles. The summed E-state index contributed by atoms with van der Waals surface area (Å²) >= 11 is 0. The van der Waals surface area contributed by atoms with Gasteiger partial charge >= 0.3 is 11.9 Å². The summed E-state index contributed by atoms with van der Waals surface area (Å²) in [5.41, 5.74) is -1.09. The summed E-state index contributed by atoms with van der Waals surface area (Å²) < 4.78 is 15.8. The maximum Gasteiger partial charge on any atom is 0.330 e. The summed E-state index contributed by atoms with van der Waals surface area (Å²) in [6.45, 7) is 9.31. The maximum atomic E-state index is 12.6. The van der Waals surface area contributed by atoms with E-state index in [1.165, 1.54) is 6.08 Å². The Morgan fingerprint density at radius 1 is 1.36 bits per heavy atom. The second kappa shape index (κ2) is 6.79. The third-order valence-electron chi connectivity index (χ3n) is 4.96. The van der Waals surface area contributed by atoms with Gasteiger partial charge in [0.05, 0.1) is 17.9 Å². The molecule has 0 saturated heterocycles. The van der Waals surface area contributed by atoms with Gasteiger partial charge in [-0.25, -0.2) is 4.79 Å². The van der Waals surface area contributed by atoms with E-state index in [-0.39, 0.29) is 23.4 Å². The number of carbonyl (C=O) groups excluding carboxylic acids is 2. The first-order valence-corrected chi connectivity index (χ1v) is 8.26. The van der Waals surface area contributed by atoms with Gasteiger partial charge in [-0.15, -0.1) is 6.42 Å². The number of hydrogen-bond donors (Lipinski definition) is 0. The highest BCUT2D eigenvalue weighted by Crippen LogP contribution is 2.69. The van der Waals surface area contributed by atoms with Crippen LogP contribution in [0.4, 0.5) is 0 Å². The molecule has 0 aliphatic heterocycles. The molecule has 0 bridgehead atoms. The van der Waals surface area contributed by atoms with E-state index >= 15 is 0 Å². The molecular formula is C20H24O5. The highest BCUT2D eigenvalue weighted by Gasteiger charge is 2.72. The fourth-order valence-electron chi connectivity index (χ4n) is 3.10. The molecular weight excluding hydrogens is 320 g/mol. The summed E-state index contributed by atoms with van der Waals surface area (Å²) in [6.07, 6.45) is 8.48. The van der Waals surface area contributed by atoms with E-state index in [2.05, 4.69) is 5.92 Å². The van der Waals surface area contributed by atoms with Crippen LogP contribution in [0.3, 0.4) is 0 Å². The van der Waals surface area contributed by atoms with E-state index in [1.54, 1.807) is 32.1 Å². The average Bonchev–Trinajstić information content (AvgIpc) is 2.81. The highest BCUT2D eigenvalue weighted by molar-refractivity contribution is 5.86. The Bertz CT molecular complexity index is 732. The zero-order valence-electron chi connectivity index (χ0n) is 15.3. The summed E-state index contributed by atoms with van der Waals surface area (Å²) in [6, 6.07) is 3.26. The van der Waals surface area contributed by atoms with Gasteiger partial charge in [-0.3, -0.25) is 4.79 Å². The number of terminal acetylenes is 1. The van der Waals surface area contributed by atoms with Crippen LogP contribution in [0.15, 0.2) is 28.7 Å². The first kappa shape index (κ1) is 18.9. The van der Waals surface area contributed by atoms with Crippen molar-refractivity contribution in [1.29, 1.82) is 0 Å². The fraction of sp³-hybridized carbons (Fsp3) is 0.500. The van der Waals surface area contributed by atoms with Gasteiger partial charge in [-0.1, -0.05) is 25.8 Å². The van der Waals surface area contributed by atoms with Crippen molar-refractivity contribution in [1.82, 2.24) is 0 Å². The third kappa shape index (κ3) is 3.63. The molecule has 1 aliphatic carbocycles. The summed E-state index contributed by atoms with van der Waals surface area (Å²) in [4.78, 5) is 24.3. The molecule has 0 N–H and O–H groups in total. The molecule has 2 atom stereocenters. The third-order valence-corrected chi connectivity index (χ3v) is 4.96. The Labute approximate surface area is 148 Å². The van der Waals surface area contributed by atoms with Crippen molar-refractivity contribution < 1.29 is 23.5 Å². The maximum absolute atomic E-state index is 12.6. The normalized spacial score (nSPS) is 24.1. The molecule has 1 aromatic rings. The van der Waals surface area contributed by atoms with E-state index in [9.17, 15) is 9.59 Å². The van der Waals surface area contributed by atoms with E-state index in [0.717, 1.165) is 0 Å². The van der Waals surface area contributed by atoms with Crippen molar-refractivity contribution in [3.05, 3.63) is 30.0 Å². The number of rotatable bonds is 6. The van der Waals surface area contributed by atoms with Gasteiger partial charge in [0, 0.05) is 12.1 Å². The largest absolute Gasteiger partial charge is 0.460 e. The lowest BCUT2D eigenvalue weighted by molar-refractivity contribution is -0.143. The van der Waals surface area contributed by atoms with Crippen molar-refractivity contribution >= 4 is 11.9 Å². The monoisotopic (exact) mass is 344 g/mol. The first-order valence-electron chi connectivity index (χ1n) is 8.26. The predicted molar refractivity (Wildman–Crippen MR) is 92.6 cm³/mol. The molecule has 1 aliphatic rings. The first-order chi connectivity index (χ1) is 11.6. The second-order valence-electron chi connectivity index (χ2n) is 7.24. The van der Waals surface area contributed by atoms with Crippen LogP contribution in [0.1, 0.15) is 40.4 Å². The minimum atomic E-state index is -0.749. The van der Waals surface area contributed by atoms with Gasteiger partial charge in [0.1, 0.15) is 5.76 Å². The van der Waals surface area contributed by atoms with Crippen LogP contribution in [-0.4, -0.2) is 18.0 Å². The molecule has 2 rings (SSSR count). The quantitative estimate of drug-likeness (QED) is 0.449. The van der Waals surface area contributed by atoms with Crippen LogP contribution in [0.5, 0.6) is 5.95 Å². The molecule has 0 amide bonds. The molecule has 1 heterocycles. The minimum absolute atomic E-state index is 0.126. The topological polar surface area (TPSA) is 65.7 Å². The Morgan fingerprint density at radius 3 is 2.64 bits per heavy atom. The molecule has 0 spiro atoms. The van der Waals surface area contributed by atoms with Crippen LogP contribution in [0, 0.1) is 29.1 Å². The van der Waals surface area contributed by atoms with Crippen molar-refractivity contribution in [2.45, 2.75) is 47.1 Å². The Hall–Kier alpha value is -2.48. The Kier molecular flexibility index (Phi) is 5.12. The van der Waals surface area contributed by atoms with Gasteiger partial charge in [0.25, 0.3) is 5.95 Å². The number of carbonyl (C=O) groups is 2. The lowest BCUT2D eigenvalue weighted by Gasteiger charge is -2.11. The van der Waals surface area contributed by atoms with Crippen molar-refractivity contribution in [3.63, 3.8) is 0 Å². The van der Waals surface area contributed by atoms with Gasteiger partial charge in [0.15, 0.2) is 0 Å². The highest BCUT2D eigenvalue weighted by atomic mass is 16.6. The molecule has 5 nitrogen and oxygen atoms in total. The number of hydrogen-bond acceptors (Lipinski definition) is 5. The fourth-order valence-corrected chi connectivity index (χ4v) is 3.10. The number of esters is 2. The van der Waals surface area contributed by atoms with E-state index in [0.29, 0.717) is 12.2 Å². The average molecular weight is 344 g/mol. The van der Waals surface area contributed by atoms with Crippen molar-refractivity contribution in [3.8, 4) is 18.3 Å². The van der Waals surface area contributed by atoms with E-state index in [4.69, 9.17) is 20.3 Å².